The monoisotopic (exact) mass is 330 g/mol. The summed E-state index contributed by atoms with van der Waals surface area (Å²) in [6.07, 6.45) is 5.93. The smallest absolute Gasteiger partial charge is 0.146 e. The first-order valence-electron chi connectivity index (χ1n) is 8.85. The van der Waals surface area contributed by atoms with Gasteiger partial charge in [0.2, 0.25) is 0 Å². The zero-order valence-electron chi connectivity index (χ0n) is 14.6. The molecule has 0 unspecified atom stereocenters. The third kappa shape index (κ3) is 4.15. The van der Waals surface area contributed by atoms with E-state index in [1.807, 2.05) is 24.7 Å². The number of imidazole rings is 1. The lowest BCUT2D eigenvalue weighted by Gasteiger charge is -2.34. The molecule has 0 aliphatic carbocycles. The molecule has 0 saturated carbocycles. The number of hydrogen-bond donors (Lipinski definition) is 1. The molecule has 0 spiro atoms. The summed E-state index contributed by atoms with van der Waals surface area (Å²) in [5.41, 5.74) is 1.96. The van der Waals surface area contributed by atoms with Crippen molar-refractivity contribution < 1.29 is 4.39 Å². The third-order valence-electron chi connectivity index (χ3n) is 4.62. The van der Waals surface area contributed by atoms with Crippen LogP contribution in [-0.2, 0) is 13.1 Å². The highest BCUT2D eigenvalue weighted by Crippen LogP contribution is 2.23. The van der Waals surface area contributed by atoms with E-state index >= 15 is 0 Å². The Hall–Kier alpha value is -1.88. The van der Waals surface area contributed by atoms with E-state index in [-0.39, 0.29) is 5.82 Å². The molecule has 1 aromatic carbocycles. The van der Waals surface area contributed by atoms with Gasteiger partial charge in [-0.05, 0) is 30.9 Å². The van der Waals surface area contributed by atoms with Gasteiger partial charge in [-0.2, -0.15) is 0 Å². The van der Waals surface area contributed by atoms with E-state index in [2.05, 4.69) is 33.6 Å². The fourth-order valence-electron chi connectivity index (χ4n) is 3.33. The van der Waals surface area contributed by atoms with Crippen LogP contribution in [0.2, 0.25) is 0 Å². The van der Waals surface area contributed by atoms with E-state index in [1.54, 1.807) is 6.07 Å². The van der Waals surface area contributed by atoms with E-state index in [4.69, 9.17) is 0 Å². The number of para-hydroxylation sites is 1. The maximum absolute atomic E-state index is 13.9. The number of nitrogens with one attached hydrogen (secondary N) is 1. The number of nitrogens with zero attached hydrogens (tertiary/aromatic N) is 3. The second kappa shape index (κ2) is 7.79. The lowest BCUT2D eigenvalue weighted by Crippen LogP contribution is -2.42. The minimum atomic E-state index is -0.124. The van der Waals surface area contributed by atoms with Gasteiger partial charge >= 0.3 is 0 Å². The van der Waals surface area contributed by atoms with Crippen LogP contribution < -0.4 is 10.2 Å². The number of rotatable bonds is 6. The predicted octanol–water partition coefficient (Wildman–Crippen LogP) is 3.44. The molecule has 1 saturated heterocycles. The molecule has 0 bridgehead atoms. The number of aromatic nitrogens is 2. The molecule has 1 N–H and O–H groups in total. The Balaban J connectivity index is 1.50. The standard InChI is InChI=1S/C19H27FN4/c1-15(2)13-24-14-21-11-17(24)12-22-16-7-9-23(10-8-16)19-6-4-3-5-18(19)20/h3-6,11,14-16,22H,7-10,12-13H2,1-2H3. The molecule has 1 fully saturated rings. The quantitative estimate of drug-likeness (QED) is 0.881. The van der Waals surface area contributed by atoms with Gasteiger partial charge in [0.05, 0.1) is 17.7 Å². The van der Waals surface area contributed by atoms with Crippen LogP contribution in [0.4, 0.5) is 10.1 Å². The molecule has 3 rings (SSSR count). The van der Waals surface area contributed by atoms with E-state index in [9.17, 15) is 4.39 Å². The normalized spacial score (nSPS) is 16.1. The van der Waals surface area contributed by atoms with Crippen LogP contribution in [0.1, 0.15) is 32.4 Å². The second-order valence-corrected chi connectivity index (χ2v) is 7.02. The molecule has 0 amide bonds. The number of hydrogen-bond acceptors (Lipinski definition) is 3. The minimum absolute atomic E-state index is 0.124. The Morgan fingerprint density at radius 1 is 1.25 bits per heavy atom. The lowest BCUT2D eigenvalue weighted by atomic mass is 10.0. The molecular formula is C19H27FN4. The van der Waals surface area contributed by atoms with Crippen molar-refractivity contribution in [2.45, 2.75) is 45.8 Å². The second-order valence-electron chi connectivity index (χ2n) is 7.02. The van der Waals surface area contributed by atoms with Gasteiger partial charge in [0.25, 0.3) is 0 Å². The fraction of sp³-hybridized carbons (Fsp3) is 0.526. The van der Waals surface area contributed by atoms with Gasteiger partial charge in [-0.25, -0.2) is 9.37 Å². The summed E-state index contributed by atoms with van der Waals surface area (Å²) in [5.74, 6) is 0.489. The molecule has 0 atom stereocenters. The van der Waals surface area contributed by atoms with Gasteiger partial charge in [0, 0.05) is 38.4 Å². The van der Waals surface area contributed by atoms with Crippen molar-refractivity contribution in [2.24, 2.45) is 5.92 Å². The van der Waals surface area contributed by atoms with Crippen LogP contribution in [-0.4, -0.2) is 28.7 Å². The summed E-state index contributed by atoms with van der Waals surface area (Å²) in [4.78, 5) is 6.42. The van der Waals surface area contributed by atoms with Crippen molar-refractivity contribution in [3.05, 3.63) is 48.3 Å². The fourth-order valence-corrected chi connectivity index (χ4v) is 3.33. The summed E-state index contributed by atoms with van der Waals surface area (Å²) in [5, 5.41) is 3.64. The Kier molecular flexibility index (Phi) is 5.51. The van der Waals surface area contributed by atoms with Gasteiger partial charge < -0.3 is 14.8 Å². The SMILES string of the molecule is CC(C)Cn1cncc1CNC1CCN(c2ccccc2F)CC1. The molecule has 2 aromatic rings. The first-order valence-corrected chi connectivity index (χ1v) is 8.85. The van der Waals surface area contributed by atoms with Crippen molar-refractivity contribution >= 4 is 5.69 Å². The van der Waals surface area contributed by atoms with Crippen LogP contribution in [0.3, 0.4) is 0 Å². The van der Waals surface area contributed by atoms with Crippen LogP contribution in [0.25, 0.3) is 0 Å². The van der Waals surface area contributed by atoms with E-state index in [0.717, 1.165) is 44.7 Å². The van der Waals surface area contributed by atoms with Gasteiger partial charge in [0.1, 0.15) is 5.82 Å². The summed E-state index contributed by atoms with van der Waals surface area (Å²) < 4.78 is 16.1. The first-order chi connectivity index (χ1) is 11.6. The number of benzene rings is 1. The summed E-state index contributed by atoms with van der Waals surface area (Å²) >= 11 is 0. The highest BCUT2D eigenvalue weighted by atomic mass is 19.1. The average Bonchev–Trinajstić information content (AvgIpc) is 3.00. The van der Waals surface area contributed by atoms with Crippen LogP contribution in [0.15, 0.2) is 36.8 Å². The van der Waals surface area contributed by atoms with Crippen LogP contribution in [0, 0.1) is 11.7 Å². The Morgan fingerprint density at radius 3 is 2.71 bits per heavy atom. The van der Waals surface area contributed by atoms with Crippen LogP contribution >= 0.6 is 0 Å². The molecule has 4 nitrogen and oxygen atoms in total. The molecule has 1 aliphatic heterocycles. The zero-order valence-corrected chi connectivity index (χ0v) is 14.6. The molecule has 1 aromatic heterocycles. The highest BCUT2D eigenvalue weighted by molar-refractivity contribution is 5.47. The predicted molar refractivity (Wildman–Crippen MR) is 95.5 cm³/mol. The van der Waals surface area contributed by atoms with Crippen LogP contribution in [0.5, 0.6) is 0 Å². The van der Waals surface area contributed by atoms with E-state index in [1.165, 1.54) is 11.8 Å². The Bertz CT molecular complexity index is 644. The average molecular weight is 330 g/mol. The van der Waals surface area contributed by atoms with Gasteiger partial charge in [0.15, 0.2) is 0 Å². The van der Waals surface area contributed by atoms with Crippen molar-refractivity contribution in [1.29, 1.82) is 0 Å². The van der Waals surface area contributed by atoms with Gasteiger partial charge in [-0.1, -0.05) is 26.0 Å². The molecule has 0 radical (unpaired) electrons. The molecule has 5 heteroatoms. The van der Waals surface area contributed by atoms with Gasteiger partial charge in [-0.3, -0.25) is 0 Å². The maximum Gasteiger partial charge on any atom is 0.146 e. The topological polar surface area (TPSA) is 33.1 Å². The summed E-state index contributed by atoms with van der Waals surface area (Å²) in [6, 6.07) is 7.53. The summed E-state index contributed by atoms with van der Waals surface area (Å²) in [6.45, 7) is 8.07. The molecular weight excluding hydrogens is 303 g/mol. The zero-order chi connectivity index (χ0) is 16.9. The summed E-state index contributed by atoms with van der Waals surface area (Å²) in [7, 11) is 0. The number of piperidine rings is 1. The van der Waals surface area contributed by atoms with Crippen molar-refractivity contribution in [2.75, 3.05) is 18.0 Å². The van der Waals surface area contributed by atoms with E-state index in [0.29, 0.717) is 12.0 Å². The Morgan fingerprint density at radius 2 is 2.00 bits per heavy atom. The van der Waals surface area contributed by atoms with E-state index < -0.39 is 0 Å². The maximum atomic E-state index is 13.9. The lowest BCUT2D eigenvalue weighted by molar-refractivity contribution is 0.402. The van der Waals surface area contributed by atoms with Crippen molar-refractivity contribution in [3.63, 3.8) is 0 Å². The van der Waals surface area contributed by atoms with Gasteiger partial charge in [-0.15, -0.1) is 0 Å². The number of anilines is 1. The first kappa shape index (κ1) is 17.0. The molecule has 1 aliphatic rings. The highest BCUT2D eigenvalue weighted by Gasteiger charge is 2.21. The third-order valence-corrected chi connectivity index (χ3v) is 4.62. The minimum Gasteiger partial charge on any atom is -0.369 e. The molecule has 2 heterocycles. The van der Waals surface area contributed by atoms with Crippen molar-refractivity contribution in [3.8, 4) is 0 Å². The van der Waals surface area contributed by atoms with Crippen molar-refractivity contribution in [1.82, 2.24) is 14.9 Å². The molecule has 130 valence electrons. The largest absolute Gasteiger partial charge is 0.369 e. The molecule has 24 heavy (non-hydrogen) atoms. The Labute approximate surface area is 143 Å². The number of halogens is 1.